The van der Waals surface area contributed by atoms with Crippen LogP contribution < -0.4 is 5.32 Å². The second-order valence-electron chi connectivity index (χ2n) is 3.96. The fraction of sp³-hybridized carbons (Fsp3) is 0.500. The maximum absolute atomic E-state index is 5.84. The predicted molar refractivity (Wildman–Crippen MR) is 75.0 cm³/mol. The molecule has 1 aliphatic rings. The molecule has 1 saturated heterocycles. The lowest BCUT2D eigenvalue weighted by atomic mass is 10.0. The minimum Gasteiger partial charge on any atom is -0.317 e. The molecule has 4 heteroatoms. The topological polar surface area (TPSA) is 12.0 Å². The van der Waals surface area contributed by atoms with Crippen molar-refractivity contribution in [3.63, 3.8) is 0 Å². The zero-order chi connectivity index (χ0) is 10.5. The molecule has 0 saturated carbocycles. The van der Waals surface area contributed by atoms with Crippen molar-refractivity contribution >= 4 is 35.8 Å². The van der Waals surface area contributed by atoms with Crippen molar-refractivity contribution in [3.8, 4) is 0 Å². The molecule has 90 valence electrons. The Morgan fingerprint density at radius 2 is 1.81 bits per heavy atom. The average Bonchev–Trinajstić information content (AvgIpc) is 2.30. The van der Waals surface area contributed by atoms with Gasteiger partial charge in [-0.1, -0.05) is 11.6 Å². The number of benzene rings is 1. The van der Waals surface area contributed by atoms with Crippen LogP contribution >= 0.6 is 35.8 Å². The van der Waals surface area contributed by atoms with Crippen molar-refractivity contribution in [1.82, 2.24) is 5.32 Å². The van der Waals surface area contributed by atoms with Gasteiger partial charge in [-0.05, 0) is 56.1 Å². The molecule has 0 spiro atoms. The molecule has 0 bridgehead atoms. The predicted octanol–water partition coefficient (Wildman–Crippen LogP) is 3.85. The van der Waals surface area contributed by atoms with E-state index < -0.39 is 0 Å². The molecular formula is C12H17Cl2NS. The minimum absolute atomic E-state index is 0. The summed E-state index contributed by atoms with van der Waals surface area (Å²) in [5, 5.41) is 4.21. The highest BCUT2D eigenvalue weighted by Gasteiger charge is 2.12. The van der Waals surface area contributed by atoms with Crippen LogP contribution in [0.1, 0.15) is 12.8 Å². The molecule has 0 aromatic heterocycles. The lowest BCUT2D eigenvalue weighted by Gasteiger charge is -2.21. The first kappa shape index (κ1) is 14.2. The van der Waals surface area contributed by atoms with Gasteiger partial charge in [0.15, 0.2) is 0 Å². The van der Waals surface area contributed by atoms with E-state index >= 15 is 0 Å². The van der Waals surface area contributed by atoms with Crippen molar-refractivity contribution in [3.05, 3.63) is 29.3 Å². The molecule has 1 N–H and O–H groups in total. The van der Waals surface area contributed by atoms with Crippen LogP contribution in [0.25, 0.3) is 0 Å². The number of hydrogen-bond donors (Lipinski definition) is 1. The van der Waals surface area contributed by atoms with Gasteiger partial charge in [0.1, 0.15) is 0 Å². The van der Waals surface area contributed by atoms with E-state index in [0.717, 1.165) is 10.9 Å². The number of halogens is 2. The number of rotatable bonds is 3. The Balaban J connectivity index is 0.00000128. The molecule has 1 nitrogen and oxygen atoms in total. The fourth-order valence-electron chi connectivity index (χ4n) is 1.79. The Morgan fingerprint density at radius 1 is 1.19 bits per heavy atom. The van der Waals surface area contributed by atoms with Crippen LogP contribution in [-0.2, 0) is 0 Å². The second-order valence-corrected chi connectivity index (χ2v) is 5.49. The van der Waals surface area contributed by atoms with Gasteiger partial charge in [-0.2, -0.15) is 0 Å². The molecule has 1 heterocycles. The van der Waals surface area contributed by atoms with E-state index in [2.05, 4.69) is 17.4 Å². The minimum atomic E-state index is 0. The number of piperidine rings is 1. The number of hydrogen-bond acceptors (Lipinski definition) is 2. The highest BCUT2D eigenvalue weighted by Crippen LogP contribution is 2.25. The summed E-state index contributed by atoms with van der Waals surface area (Å²) in [7, 11) is 0. The third kappa shape index (κ3) is 4.54. The third-order valence-electron chi connectivity index (χ3n) is 2.76. The van der Waals surface area contributed by atoms with Crippen LogP contribution in [0.4, 0.5) is 0 Å². The van der Waals surface area contributed by atoms with Crippen LogP contribution in [0.15, 0.2) is 29.2 Å². The first-order valence-electron chi connectivity index (χ1n) is 5.44. The molecule has 1 fully saturated rings. The molecule has 1 aliphatic heterocycles. The molecule has 0 unspecified atom stereocenters. The van der Waals surface area contributed by atoms with Gasteiger partial charge in [0.2, 0.25) is 0 Å². The van der Waals surface area contributed by atoms with E-state index in [-0.39, 0.29) is 12.4 Å². The number of thioether (sulfide) groups is 1. The normalized spacial score (nSPS) is 16.8. The monoisotopic (exact) mass is 277 g/mol. The molecule has 1 aromatic carbocycles. The maximum atomic E-state index is 5.84. The van der Waals surface area contributed by atoms with Gasteiger partial charge in [0, 0.05) is 15.7 Å². The van der Waals surface area contributed by atoms with Crippen molar-refractivity contribution < 1.29 is 0 Å². The summed E-state index contributed by atoms with van der Waals surface area (Å²) in [6.45, 7) is 2.37. The molecule has 0 atom stereocenters. The molecule has 0 aliphatic carbocycles. The molecule has 0 amide bonds. The highest BCUT2D eigenvalue weighted by atomic mass is 35.5. The zero-order valence-electron chi connectivity index (χ0n) is 9.12. The van der Waals surface area contributed by atoms with E-state index in [9.17, 15) is 0 Å². The smallest absolute Gasteiger partial charge is 0.0406 e. The highest BCUT2D eigenvalue weighted by molar-refractivity contribution is 7.99. The summed E-state index contributed by atoms with van der Waals surface area (Å²) in [4.78, 5) is 1.33. The summed E-state index contributed by atoms with van der Waals surface area (Å²) in [6.07, 6.45) is 2.64. The average molecular weight is 278 g/mol. The molecule has 1 aromatic rings. The Bertz CT molecular complexity index is 296. The van der Waals surface area contributed by atoms with Crippen LogP contribution in [-0.4, -0.2) is 18.8 Å². The SMILES string of the molecule is Cl.Clc1ccc(SCC2CCNCC2)cc1. The zero-order valence-corrected chi connectivity index (χ0v) is 11.5. The van der Waals surface area contributed by atoms with Crippen LogP contribution in [0.5, 0.6) is 0 Å². The summed E-state index contributed by atoms with van der Waals surface area (Å²) in [5.41, 5.74) is 0. The van der Waals surface area contributed by atoms with Gasteiger partial charge in [-0.3, -0.25) is 0 Å². The summed E-state index contributed by atoms with van der Waals surface area (Å²) in [6, 6.07) is 8.14. The van der Waals surface area contributed by atoms with Crippen molar-refractivity contribution in [1.29, 1.82) is 0 Å². The van der Waals surface area contributed by atoms with E-state index in [1.807, 2.05) is 23.9 Å². The van der Waals surface area contributed by atoms with Gasteiger partial charge >= 0.3 is 0 Å². The van der Waals surface area contributed by atoms with E-state index in [1.54, 1.807) is 0 Å². The van der Waals surface area contributed by atoms with Gasteiger partial charge < -0.3 is 5.32 Å². The van der Waals surface area contributed by atoms with Gasteiger partial charge in [-0.15, -0.1) is 24.2 Å². The summed E-state index contributed by atoms with van der Waals surface area (Å²) >= 11 is 7.79. The second kappa shape index (κ2) is 7.44. The first-order valence-corrected chi connectivity index (χ1v) is 6.80. The number of nitrogens with one attached hydrogen (secondary N) is 1. The van der Waals surface area contributed by atoms with E-state index in [4.69, 9.17) is 11.6 Å². The van der Waals surface area contributed by atoms with Crippen LogP contribution in [0.3, 0.4) is 0 Å². The van der Waals surface area contributed by atoms with Gasteiger partial charge in [0.05, 0.1) is 0 Å². The van der Waals surface area contributed by atoms with Crippen LogP contribution in [0.2, 0.25) is 5.02 Å². The van der Waals surface area contributed by atoms with Crippen LogP contribution in [0, 0.1) is 5.92 Å². The first-order chi connectivity index (χ1) is 7.34. The molecular weight excluding hydrogens is 261 g/mol. The lowest BCUT2D eigenvalue weighted by Crippen LogP contribution is -2.28. The molecule has 16 heavy (non-hydrogen) atoms. The Hall–Kier alpha value is 0.110. The Labute approximate surface area is 113 Å². The lowest BCUT2D eigenvalue weighted by molar-refractivity contribution is 0.408. The maximum Gasteiger partial charge on any atom is 0.0406 e. The quantitative estimate of drug-likeness (QED) is 0.843. The summed E-state index contributed by atoms with van der Waals surface area (Å²) in [5.74, 6) is 2.12. The van der Waals surface area contributed by atoms with Crippen molar-refractivity contribution in [2.24, 2.45) is 5.92 Å². The summed E-state index contributed by atoms with van der Waals surface area (Å²) < 4.78 is 0. The third-order valence-corrected chi connectivity index (χ3v) is 4.25. The van der Waals surface area contributed by atoms with Crippen molar-refractivity contribution in [2.45, 2.75) is 17.7 Å². The fourth-order valence-corrected chi connectivity index (χ4v) is 3.01. The van der Waals surface area contributed by atoms with Gasteiger partial charge in [0.25, 0.3) is 0 Å². The Morgan fingerprint density at radius 3 is 2.44 bits per heavy atom. The van der Waals surface area contributed by atoms with E-state index in [0.29, 0.717) is 0 Å². The van der Waals surface area contributed by atoms with E-state index in [1.165, 1.54) is 36.6 Å². The van der Waals surface area contributed by atoms with Crippen molar-refractivity contribution in [2.75, 3.05) is 18.8 Å². The Kier molecular flexibility index (Phi) is 6.59. The van der Waals surface area contributed by atoms with Gasteiger partial charge in [-0.25, -0.2) is 0 Å². The molecule has 2 rings (SSSR count). The largest absolute Gasteiger partial charge is 0.317 e. The standard InChI is InChI=1S/C12H16ClNS.ClH/c13-11-1-3-12(4-2-11)15-9-10-5-7-14-8-6-10;/h1-4,10,14H,5-9H2;1H. The molecule has 0 radical (unpaired) electrons.